The average molecular weight is 423 g/mol. The summed E-state index contributed by atoms with van der Waals surface area (Å²) in [6.45, 7) is 7.29. The first-order valence-electron chi connectivity index (χ1n) is 10.7. The molecule has 0 unspecified atom stereocenters. The summed E-state index contributed by atoms with van der Waals surface area (Å²) in [4.78, 5) is 18.8. The zero-order valence-electron chi connectivity index (χ0n) is 17.8. The maximum atomic E-state index is 13.2. The predicted octanol–water partition coefficient (Wildman–Crippen LogP) is 4.38. The quantitative estimate of drug-likeness (QED) is 0.675. The number of halogens is 1. The fraction of sp³-hybridized carbons (Fsp3) is 0.417. The number of likely N-dealkylation sites (tertiary alicyclic amines) is 1. The van der Waals surface area contributed by atoms with Crippen LogP contribution >= 0.6 is 0 Å². The number of carboxylic acids is 1. The van der Waals surface area contributed by atoms with Gasteiger partial charge in [0.1, 0.15) is 29.5 Å². The first-order valence-corrected chi connectivity index (χ1v) is 10.7. The van der Waals surface area contributed by atoms with Crippen molar-refractivity contribution in [3.05, 3.63) is 59.2 Å². The third-order valence-electron chi connectivity index (χ3n) is 6.51. The number of piperidine rings is 1. The SMILES string of the molecule is CC1(C)COc2cc(C(=O)O)cc3nc(CN4CCC(c5ccc(F)cc5)CC4)n1c23. The van der Waals surface area contributed by atoms with E-state index < -0.39 is 5.97 Å². The number of carboxylic acid groups (broad SMARTS) is 1. The Kier molecular flexibility index (Phi) is 4.73. The van der Waals surface area contributed by atoms with E-state index in [2.05, 4.69) is 23.3 Å². The highest BCUT2D eigenvalue weighted by atomic mass is 19.1. The number of hydrogen-bond acceptors (Lipinski definition) is 4. The molecule has 31 heavy (non-hydrogen) atoms. The smallest absolute Gasteiger partial charge is 0.335 e. The lowest BCUT2D eigenvalue weighted by atomic mass is 9.89. The van der Waals surface area contributed by atoms with Crippen LogP contribution in [-0.2, 0) is 12.1 Å². The maximum Gasteiger partial charge on any atom is 0.335 e. The molecule has 3 heterocycles. The van der Waals surface area contributed by atoms with Gasteiger partial charge in [0.15, 0.2) is 0 Å². The molecule has 2 aliphatic rings. The molecule has 3 aromatic rings. The van der Waals surface area contributed by atoms with Crippen LogP contribution in [0.15, 0.2) is 36.4 Å². The van der Waals surface area contributed by atoms with Crippen LogP contribution in [0.4, 0.5) is 4.39 Å². The van der Waals surface area contributed by atoms with Crippen LogP contribution in [0.25, 0.3) is 11.0 Å². The number of rotatable bonds is 4. The summed E-state index contributed by atoms with van der Waals surface area (Å²) in [5.74, 6) is 0.795. The van der Waals surface area contributed by atoms with Gasteiger partial charge in [-0.3, -0.25) is 4.90 Å². The molecule has 6 nitrogen and oxygen atoms in total. The topological polar surface area (TPSA) is 67.6 Å². The second kappa shape index (κ2) is 7.34. The fourth-order valence-corrected chi connectivity index (χ4v) is 4.89. The highest BCUT2D eigenvalue weighted by Crippen LogP contribution is 2.38. The normalized spacial score (nSPS) is 18.8. The molecule has 0 amide bonds. The summed E-state index contributed by atoms with van der Waals surface area (Å²) in [7, 11) is 0. The van der Waals surface area contributed by atoms with Gasteiger partial charge >= 0.3 is 5.97 Å². The Morgan fingerprint density at radius 1 is 1.23 bits per heavy atom. The molecule has 0 aliphatic carbocycles. The van der Waals surface area contributed by atoms with Gasteiger partial charge < -0.3 is 14.4 Å². The molecule has 162 valence electrons. The molecule has 0 atom stereocenters. The number of hydrogen-bond donors (Lipinski definition) is 1. The third-order valence-corrected chi connectivity index (χ3v) is 6.51. The van der Waals surface area contributed by atoms with Crippen molar-refractivity contribution in [3.8, 4) is 5.75 Å². The zero-order chi connectivity index (χ0) is 21.8. The Bertz CT molecular complexity index is 1150. The lowest BCUT2D eigenvalue weighted by Gasteiger charge is -2.36. The lowest BCUT2D eigenvalue weighted by Crippen LogP contribution is -2.40. The minimum absolute atomic E-state index is 0.193. The Hall–Kier alpha value is -2.93. The minimum Gasteiger partial charge on any atom is -0.489 e. The van der Waals surface area contributed by atoms with Crippen molar-refractivity contribution >= 4 is 17.0 Å². The van der Waals surface area contributed by atoms with Crippen LogP contribution in [-0.4, -0.2) is 45.2 Å². The molecule has 1 saturated heterocycles. The van der Waals surface area contributed by atoms with Crippen LogP contribution in [0.5, 0.6) is 5.75 Å². The molecule has 7 heteroatoms. The zero-order valence-corrected chi connectivity index (χ0v) is 17.8. The first-order chi connectivity index (χ1) is 14.8. The number of aromatic carboxylic acids is 1. The van der Waals surface area contributed by atoms with Crippen molar-refractivity contribution in [2.75, 3.05) is 19.7 Å². The Morgan fingerprint density at radius 2 is 1.94 bits per heavy atom. The van der Waals surface area contributed by atoms with Crippen molar-refractivity contribution in [1.29, 1.82) is 0 Å². The maximum absolute atomic E-state index is 13.2. The van der Waals surface area contributed by atoms with Crippen molar-refractivity contribution < 1.29 is 19.0 Å². The van der Waals surface area contributed by atoms with Gasteiger partial charge in [-0.15, -0.1) is 0 Å². The van der Waals surface area contributed by atoms with Crippen LogP contribution in [0, 0.1) is 5.82 Å². The van der Waals surface area contributed by atoms with Crippen molar-refractivity contribution in [2.45, 2.75) is 44.7 Å². The van der Waals surface area contributed by atoms with E-state index in [0.29, 0.717) is 30.3 Å². The predicted molar refractivity (Wildman–Crippen MR) is 115 cm³/mol. The Balaban J connectivity index is 1.40. The fourth-order valence-electron chi connectivity index (χ4n) is 4.89. The van der Waals surface area contributed by atoms with Gasteiger partial charge in [-0.25, -0.2) is 14.2 Å². The lowest BCUT2D eigenvalue weighted by molar-refractivity contribution is 0.0696. The second-order valence-electron chi connectivity index (χ2n) is 9.21. The molecule has 0 bridgehead atoms. The number of nitrogens with zero attached hydrogens (tertiary/aromatic N) is 3. The number of ether oxygens (including phenoxy) is 1. The average Bonchev–Trinajstić information content (AvgIpc) is 3.12. The number of carbonyl (C=O) groups is 1. The van der Waals surface area contributed by atoms with Crippen molar-refractivity contribution in [3.63, 3.8) is 0 Å². The van der Waals surface area contributed by atoms with Crippen LogP contribution in [0.3, 0.4) is 0 Å². The number of benzene rings is 2. The molecular formula is C24H26FN3O3. The molecule has 1 N–H and O–H groups in total. The molecule has 1 fully saturated rings. The third kappa shape index (κ3) is 3.57. The largest absolute Gasteiger partial charge is 0.489 e. The van der Waals surface area contributed by atoms with Gasteiger partial charge in [0, 0.05) is 0 Å². The van der Waals surface area contributed by atoms with Crippen LogP contribution in [0.2, 0.25) is 0 Å². The van der Waals surface area contributed by atoms with Gasteiger partial charge in [0.05, 0.1) is 23.2 Å². The minimum atomic E-state index is -0.981. The van der Waals surface area contributed by atoms with Gasteiger partial charge in [-0.2, -0.15) is 0 Å². The summed E-state index contributed by atoms with van der Waals surface area (Å²) in [5.41, 5.74) is 2.66. The highest BCUT2D eigenvalue weighted by Gasteiger charge is 2.34. The van der Waals surface area contributed by atoms with Crippen molar-refractivity contribution in [2.24, 2.45) is 0 Å². The van der Waals surface area contributed by atoms with Gasteiger partial charge in [-0.05, 0) is 75.5 Å². The van der Waals surface area contributed by atoms with E-state index >= 15 is 0 Å². The van der Waals surface area contributed by atoms with E-state index in [-0.39, 0.29) is 16.9 Å². The summed E-state index contributed by atoms with van der Waals surface area (Å²) in [6.07, 6.45) is 2.04. The molecule has 0 spiro atoms. The van der Waals surface area contributed by atoms with Gasteiger partial charge in [0.2, 0.25) is 0 Å². The van der Waals surface area contributed by atoms with Gasteiger partial charge in [-0.1, -0.05) is 12.1 Å². The number of imidazole rings is 1. The molecule has 0 saturated carbocycles. The Morgan fingerprint density at radius 3 is 2.61 bits per heavy atom. The Labute approximate surface area is 180 Å². The van der Waals surface area contributed by atoms with E-state index in [0.717, 1.165) is 37.3 Å². The summed E-state index contributed by atoms with van der Waals surface area (Å²) in [6, 6.07) is 10.1. The molecule has 2 aromatic carbocycles. The molecule has 1 aromatic heterocycles. The molecular weight excluding hydrogens is 397 g/mol. The summed E-state index contributed by atoms with van der Waals surface area (Å²) >= 11 is 0. The number of aromatic nitrogens is 2. The van der Waals surface area contributed by atoms with E-state index in [1.54, 1.807) is 12.1 Å². The van der Waals surface area contributed by atoms with E-state index in [4.69, 9.17) is 9.72 Å². The van der Waals surface area contributed by atoms with E-state index in [1.807, 2.05) is 12.1 Å². The van der Waals surface area contributed by atoms with Crippen molar-refractivity contribution in [1.82, 2.24) is 14.5 Å². The summed E-state index contributed by atoms with van der Waals surface area (Å²) in [5, 5.41) is 9.44. The monoisotopic (exact) mass is 423 g/mol. The van der Waals surface area contributed by atoms with E-state index in [1.165, 1.54) is 17.7 Å². The second-order valence-corrected chi connectivity index (χ2v) is 9.21. The van der Waals surface area contributed by atoms with Gasteiger partial charge in [0.25, 0.3) is 0 Å². The standard InChI is InChI=1S/C24H26FN3O3/c1-24(2)14-31-20-12-17(23(29)30)11-19-22(20)28(24)21(26-19)13-27-9-7-16(8-10-27)15-3-5-18(25)6-4-15/h3-6,11-12,16H,7-10,13-14H2,1-2H3,(H,29,30). The molecule has 2 aliphatic heterocycles. The molecule has 0 radical (unpaired) electrons. The van der Waals surface area contributed by atoms with Crippen LogP contribution in [0.1, 0.15) is 54.4 Å². The van der Waals surface area contributed by atoms with Crippen LogP contribution < -0.4 is 4.74 Å². The first kappa shape index (κ1) is 20.0. The van der Waals surface area contributed by atoms with E-state index in [9.17, 15) is 14.3 Å². The molecule has 5 rings (SSSR count). The summed E-state index contributed by atoms with van der Waals surface area (Å²) < 4.78 is 21.4. The highest BCUT2D eigenvalue weighted by molar-refractivity contribution is 5.95.